The SMILES string of the molecule is Cc1cnc(NC2CCCNC2=O)c([N+](=O)[O-])c1. The van der Waals surface area contributed by atoms with E-state index in [9.17, 15) is 14.9 Å². The van der Waals surface area contributed by atoms with Gasteiger partial charge in [-0.05, 0) is 25.3 Å². The minimum Gasteiger partial charge on any atom is -0.354 e. The van der Waals surface area contributed by atoms with Gasteiger partial charge < -0.3 is 10.6 Å². The number of piperidine rings is 1. The molecule has 2 rings (SSSR count). The average molecular weight is 250 g/mol. The lowest BCUT2D eigenvalue weighted by Crippen LogP contribution is -2.44. The van der Waals surface area contributed by atoms with Crippen LogP contribution in [0.3, 0.4) is 0 Å². The van der Waals surface area contributed by atoms with E-state index in [0.29, 0.717) is 18.5 Å². The molecule has 7 nitrogen and oxygen atoms in total. The summed E-state index contributed by atoms with van der Waals surface area (Å²) >= 11 is 0. The van der Waals surface area contributed by atoms with Gasteiger partial charge in [0.05, 0.1) is 4.92 Å². The standard InChI is InChI=1S/C11H14N4O3/c1-7-5-9(15(17)18)10(13-6-7)14-8-3-2-4-12-11(8)16/h5-6,8H,2-4H2,1H3,(H,12,16)(H,13,14). The summed E-state index contributed by atoms with van der Waals surface area (Å²) in [4.78, 5) is 26.0. The quantitative estimate of drug-likeness (QED) is 0.615. The molecule has 1 aromatic heterocycles. The zero-order valence-corrected chi connectivity index (χ0v) is 9.97. The molecule has 0 radical (unpaired) electrons. The third kappa shape index (κ3) is 2.55. The molecule has 7 heteroatoms. The van der Waals surface area contributed by atoms with Crippen molar-refractivity contribution in [2.45, 2.75) is 25.8 Å². The Bertz CT molecular complexity index is 489. The first-order chi connectivity index (χ1) is 8.58. The molecule has 1 aliphatic heterocycles. The highest BCUT2D eigenvalue weighted by Gasteiger charge is 2.25. The fraction of sp³-hybridized carbons (Fsp3) is 0.455. The van der Waals surface area contributed by atoms with Crippen molar-refractivity contribution in [1.82, 2.24) is 10.3 Å². The second-order valence-electron chi connectivity index (χ2n) is 4.27. The van der Waals surface area contributed by atoms with E-state index in [4.69, 9.17) is 0 Å². The number of nitrogens with zero attached hydrogens (tertiary/aromatic N) is 2. The fourth-order valence-corrected chi connectivity index (χ4v) is 1.88. The number of rotatable bonds is 3. The first-order valence-corrected chi connectivity index (χ1v) is 5.73. The van der Waals surface area contributed by atoms with E-state index in [2.05, 4.69) is 15.6 Å². The van der Waals surface area contributed by atoms with Gasteiger partial charge >= 0.3 is 5.69 Å². The van der Waals surface area contributed by atoms with Crippen molar-refractivity contribution in [2.75, 3.05) is 11.9 Å². The highest BCUT2D eigenvalue weighted by atomic mass is 16.6. The maximum atomic E-state index is 11.6. The van der Waals surface area contributed by atoms with Crippen molar-refractivity contribution in [1.29, 1.82) is 0 Å². The van der Waals surface area contributed by atoms with Crippen LogP contribution in [0.25, 0.3) is 0 Å². The highest BCUT2D eigenvalue weighted by Crippen LogP contribution is 2.24. The lowest BCUT2D eigenvalue weighted by Gasteiger charge is -2.23. The zero-order valence-electron chi connectivity index (χ0n) is 9.97. The number of aryl methyl sites for hydroxylation is 1. The summed E-state index contributed by atoms with van der Waals surface area (Å²) < 4.78 is 0. The number of carbonyl (C=O) groups is 1. The van der Waals surface area contributed by atoms with Gasteiger partial charge in [0.2, 0.25) is 11.7 Å². The third-order valence-electron chi connectivity index (χ3n) is 2.80. The number of anilines is 1. The Morgan fingerprint density at radius 2 is 2.39 bits per heavy atom. The number of hydrogen-bond acceptors (Lipinski definition) is 5. The van der Waals surface area contributed by atoms with Gasteiger partial charge in [-0.2, -0.15) is 0 Å². The maximum Gasteiger partial charge on any atom is 0.311 e. The van der Waals surface area contributed by atoms with Crippen LogP contribution in [0.4, 0.5) is 11.5 Å². The minimum atomic E-state index is -0.497. The first-order valence-electron chi connectivity index (χ1n) is 5.73. The molecule has 18 heavy (non-hydrogen) atoms. The summed E-state index contributed by atoms with van der Waals surface area (Å²) in [5.41, 5.74) is 0.605. The average Bonchev–Trinajstić information content (AvgIpc) is 2.34. The number of carbonyl (C=O) groups excluding carboxylic acids is 1. The molecule has 2 N–H and O–H groups in total. The smallest absolute Gasteiger partial charge is 0.311 e. The Kier molecular flexibility index (Phi) is 3.40. The van der Waals surface area contributed by atoms with Crippen molar-refractivity contribution in [3.63, 3.8) is 0 Å². The largest absolute Gasteiger partial charge is 0.354 e. The first kappa shape index (κ1) is 12.3. The summed E-state index contributed by atoms with van der Waals surface area (Å²) in [6, 6.07) is 0.989. The number of nitro groups is 1. The molecule has 1 aliphatic rings. The summed E-state index contributed by atoms with van der Waals surface area (Å²) in [7, 11) is 0. The van der Waals surface area contributed by atoms with Gasteiger partial charge in [0, 0.05) is 18.8 Å². The van der Waals surface area contributed by atoms with Gasteiger partial charge in [-0.15, -0.1) is 0 Å². The molecule has 1 saturated heterocycles. The predicted molar refractivity (Wildman–Crippen MR) is 65.3 cm³/mol. The van der Waals surface area contributed by atoms with Crippen LogP contribution in [-0.2, 0) is 4.79 Å². The van der Waals surface area contributed by atoms with Crippen LogP contribution < -0.4 is 10.6 Å². The van der Waals surface area contributed by atoms with Gasteiger partial charge in [-0.1, -0.05) is 0 Å². The Balaban J connectivity index is 2.22. The normalized spacial score (nSPS) is 19.2. The number of hydrogen-bond donors (Lipinski definition) is 2. The fourth-order valence-electron chi connectivity index (χ4n) is 1.88. The molecule has 1 fully saturated rings. The van der Waals surface area contributed by atoms with E-state index in [1.807, 2.05) is 0 Å². The topological polar surface area (TPSA) is 97.2 Å². The van der Waals surface area contributed by atoms with Crippen LogP contribution in [0.2, 0.25) is 0 Å². The van der Waals surface area contributed by atoms with Crippen molar-refractivity contribution < 1.29 is 9.72 Å². The number of amides is 1. The van der Waals surface area contributed by atoms with Crippen molar-refractivity contribution in [3.8, 4) is 0 Å². The minimum absolute atomic E-state index is 0.103. The number of pyridine rings is 1. The molecule has 0 aliphatic carbocycles. The summed E-state index contributed by atoms with van der Waals surface area (Å²) in [6.45, 7) is 2.39. The summed E-state index contributed by atoms with van der Waals surface area (Å²) in [6.07, 6.45) is 3.04. The molecule has 96 valence electrons. The van der Waals surface area contributed by atoms with Gasteiger partial charge in [-0.3, -0.25) is 14.9 Å². The van der Waals surface area contributed by atoms with Crippen LogP contribution in [0.15, 0.2) is 12.3 Å². The molecular formula is C11H14N4O3. The molecule has 1 unspecified atom stereocenters. The summed E-state index contributed by atoms with van der Waals surface area (Å²) in [5, 5.41) is 16.5. The summed E-state index contributed by atoms with van der Waals surface area (Å²) in [5.74, 6) is 0.00516. The molecule has 1 amide bonds. The Morgan fingerprint density at radius 3 is 3.06 bits per heavy atom. The lowest BCUT2D eigenvalue weighted by atomic mass is 10.1. The third-order valence-corrected chi connectivity index (χ3v) is 2.80. The van der Waals surface area contributed by atoms with E-state index in [1.54, 1.807) is 6.92 Å². The molecule has 0 spiro atoms. The Morgan fingerprint density at radius 1 is 1.61 bits per heavy atom. The second kappa shape index (κ2) is 4.99. The van der Waals surface area contributed by atoms with Crippen molar-refractivity contribution in [2.24, 2.45) is 0 Å². The lowest BCUT2D eigenvalue weighted by molar-refractivity contribution is -0.384. The molecule has 0 saturated carbocycles. The number of nitrogens with one attached hydrogen (secondary N) is 2. The van der Waals surface area contributed by atoms with Crippen molar-refractivity contribution >= 4 is 17.4 Å². The van der Waals surface area contributed by atoms with E-state index in [1.165, 1.54) is 12.3 Å². The van der Waals surface area contributed by atoms with Crippen LogP contribution in [0.5, 0.6) is 0 Å². The van der Waals surface area contributed by atoms with Crippen LogP contribution in [-0.4, -0.2) is 28.4 Å². The van der Waals surface area contributed by atoms with E-state index < -0.39 is 11.0 Å². The molecule has 0 bridgehead atoms. The van der Waals surface area contributed by atoms with Crippen LogP contribution in [0, 0.1) is 17.0 Å². The van der Waals surface area contributed by atoms with Crippen LogP contribution in [0.1, 0.15) is 18.4 Å². The Labute approximate surface area is 104 Å². The van der Waals surface area contributed by atoms with E-state index in [-0.39, 0.29) is 17.4 Å². The highest BCUT2D eigenvalue weighted by molar-refractivity contribution is 5.85. The molecular weight excluding hydrogens is 236 g/mol. The number of aromatic nitrogens is 1. The predicted octanol–water partition coefficient (Wildman–Crippen LogP) is 0.989. The maximum absolute atomic E-state index is 11.6. The van der Waals surface area contributed by atoms with Gasteiger partial charge in [0.1, 0.15) is 6.04 Å². The van der Waals surface area contributed by atoms with Gasteiger partial charge in [-0.25, -0.2) is 4.98 Å². The molecule has 1 aromatic rings. The van der Waals surface area contributed by atoms with E-state index in [0.717, 1.165) is 6.42 Å². The molecule has 0 aromatic carbocycles. The molecule has 2 heterocycles. The van der Waals surface area contributed by atoms with E-state index >= 15 is 0 Å². The van der Waals surface area contributed by atoms with Crippen LogP contribution >= 0.6 is 0 Å². The Hall–Kier alpha value is -2.18. The van der Waals surface area contributed by atoms with Gasteiger partial charge in [0.15, 0.2) is 0 Å². The zero-order chi connectivity index (χ0) is 13.1. The van der Waals surface area contributed by atoms with Crippen molar-refractivity contribution in [3.05, 3.63) is 27.9 Å². The second-order valence-corrected chi connectivity index (χ2v) is 4.27. The van der Waals surface area contributed by atoms with Gasteiger partial charge in [0.25, 0.3) is 0 Å². The monoisotopic (exact) mass is 250 g/mol. The molecule has 1 atom stereocenters.